The number of carbonyl (C=O) groups excluding carboxylic acids is 1. The summed E-state index contributed by atoms with van der Waals surface area (Å²) < 4.78 is 35.6. The van der Waals surface area contributed by atoms with Crippen LogP contribution in [0.4, 0.5) is 10.5 Å². The van der Waals surface area contributed by atoms with Crippen LogP contribution in [0.3, 0.4) is 0 Å². The Bertz CT molecular complexity index is 1840. The van der Waals surface area contributed by atoms with Gasteiger partial charge in [0.05, 0.1) is 28.8 Å². The number of rotatable bonds is 9. The SMILES string of the molecule is CC(O)CNC(=O)Oc1[nH]c2ccc(N(Cc3ccccc3)S(=O)(=O)c3ccc(C(C)(C)C)cc3)cc2c1-c1ccccc1. The molecule has 0 aliphatic rings. The van der Waals surface area contributed by atoms with Crippen molar-refractivity contribution in [3.05, 3.63) is 114 Å². The van der Waals surface area contributed by atoms with E-state index in [1.165, 1.54) is 4.31 Å². The van der Waals surface area contributed by atoms with Crippen LogP contribution in [0.1, 0.15) is 38.8 Å². The maximum Gasteiger partial charge on any atom is 0.413 e. The van der Waals surface area contributed by atoms with E-state index in [1.54, 1.807) is 37.3 Å². The van der Waals surface area contributed by atoms with Crippen molar-refractivity contribution in [1.29, 1.82) is 0 Å². The molecule has 3 N–H and O–H groups in total. The highest BCUT2D eigenvalue weighted by Crippen LogP contribution is 2.40. The largest absolute Gasteiger partial charge is 0.413 e. The molecule has 9 heteroatoms. The maximum absolute atomic E-state index is 14.3. The maximum atomic E-state index is 14.3. The minimum absolute atomic E-state index is 0.0346. The van der Waals surface area contributed by atoms with Crippen LogP contribution in [0.5, 0.6) is 5.88 Å². The van der Waals surface area contributed by atoms with Gasteiger partial charge in [0.15, 0.2) is 0 Å². The Morgan fingerprint density at radius 3 is 2.18 bits per heavy atom. The molecular weight excluding hydrogens is 574 g/mol. The van der Waals surface area contributed by atoms with Crippen molar-refractivity contribution in [2.24, 2.45) is 0 Å². The molecule has 0 spiro atoms. The summed E-state index contributed by atoms with van der Waals surface area (Å²) in [6.07, 6.45) is -1.45. The number of hydrogen-bond donors (Lipinski definition) is 3. The molecule has 44 heavy (non-hydrogen) atoms. The summed E-state index contributed by atoms with van der Waals surface area (Å²) in [5.74, 6) is 0.210. The number of aliphatic hydroxyl groups excluding tert-OH is 1. The first-order chi connectivity index (χ1) is 20.9. The minimum atomic E-state index is -3.98. The molecule has 228 valence electrons. The number of fused-ring (bicyclic) bond motifs is 1. The predicted octanol–water partition coefficient (Wildman–Crippen LogP) is 7.00. The lowest BCUT2D eigenvalue weighted by atomic mass is 9.87. The van der Waals surface area contributed by atoms with Gasteiger partial charge in [-0.25, -0.2) is 13.2 Å². The van der Waals surface area contributed by atoms with Crippen LogP contribution in [-0.4, -0.2) is 37.3 Å². The normalized spacial score (nSPS) is 12.6. The van der Waals surface area contributed by atoms with Gasteiger partial charge in [0.2, 0.25) is 5.88 Å². The second-order valence-corrected chi connectivity index (χ2v) is 13.7. The summed E-state index contributed by atoms with van der Waals surface area (Å²) in [4.78, 5) is 15.9. The van der Waals surface area contributed by atoms with E-state index in [1.807, 2.05) is 72.8 Å². The molecule has 5 rings (SSSR count). The van der Waals surface area contributed by atoms with Crippen molar-refractivity contribution in [3.8, 4) is 17.0 Å². The summed E-state index contributed by atoms with van der Waals surface area (Å²) in [6.45, 7) is 7.98. The zero-order chi connectivity index (χ0) is 31.5. The molecule has 0 aliphatic carbocycles. The first-order valence-electron chi connectivity index (χ1n) is 14.5. The summed E-state index contributed by atoms with van der Waals surface area (Å²) in [6, 6.07) is 31.3. The Morgan fingerprint density at radius 2 is 1.57 bits per heavy atom. The van der Waals surface area contributed by atoms with Gasteiger partial charge in [-0.2, -0.15) is 0 Å². The molecule has 1 amide bonds. The molecular formula is C35H37N3O5S. The van der Waals surface area contributed by atoms with Gasteiger partial charge in [-0.3, -0.25) is 4.31 Å². The highest BCUT2D eigenvalue weighted by atomic mass is 32.2. The van der Waals surface area contributed by atoms with E-state index < -0.39 is 22.2 Å². The predicted molar refractivity (Wildman–Crippen MR) is 174 cm³/mol. The fraction of sp³-hybridized carbons (Fsp3) is 0.229. The molecule has 0 fully saturated rings. The topological polar surface area (TPSA) is 112 Å². The van der Waals surface area contributed by atoms with Crippen LogP contribution < -0.4 is 14.4 Å². The summed E-state index contributed by atoms with van der Waals surface area (Å²) >= 11 is 0. The first-order valence-corrected chi connectivity index (χ1v) is 15.9. The monoisotopic (exact) mass is 611 g/mol. The third kappa shape index (κ3) is 6.79. The van der Waals surface area contributed by atoms with Gasteiger partial charge in [-0.1, -0.05) is 93.6 Å². The van der Waals surface area contributed by atoms with E-state index >= 15 is 0 Å². The molecule has 0 radical (unpaired) electrons. The number of hydrogen-bond acceptors (Lipinski definition) is 5. The average Bonchev–Trinajstić information content (AvgIpc) is 3.36. The van der Waals surface area contributed by atoms with Gasteiger partial charge in [0, 0.05) is 17.4 Å². The van der Waals surface area contributed by atoms with Crippen LogP contribution in [0.2, 0.25) is 0 Å². The van der Waals surface area contributed by atoms with Crippen LogP contribution in [-0.2, 0) is 22.0 Å². The number of ether oxygens (including phenoxy) is 1. The second kappa shape index (κ2) is 12.6. The molecule has 1 unspecified atom stereocenters. The fourth-order valence-corrected chi connectivity index (χ4v) is 6.40. The number of anilines is 1. The Hall–Kier alpha value is -4.60. The van der Waals surface area contributed by atoms with Gasteiger partial charge < -0.3 is 20.1 Å². The number of benzene rings is 4. The lowest BCUT2D eigenvalue weighted by Gasteiger charge is -2.26. The summed E-state index contributed by atoms with van der Waals surface area (Å²) in [7, 11) is -3.98. The zero-order valence-electron chi connectivity index (χ0n) is 25.2. The van der Waals surface area contributed by atoms with Crippen LogP contribution in [0.15, 0.2) is 108 Å². The van der Waals surface area contributed by atoms with Gasteiger partial charge in [0.1, 0.15) is 0 Å². The summed E-state index contributed by atoms with van der Waals surface area (Å²) in [5.41, 5.74) is 4.27. The molecule has 0 bridgehead atoms. The molecule has 0 saturated heterocycles. The third-order valence-electron chi connectivity index (χ3n) is 7.31. The fourth-order valence-electron chi connectivity index (χ4n) is 4.96. The molecule has 1 aromatic heterocycles. The number of sulfonamides is 1. The van der Waals surface area contributed by atoms with Crippen molar-refractivity contribution >= 4 is 32.7 Å². The quantitative estimate of drug-likeness (QED) is 0.166. The molecule has 8 nitrogen and oxygen atoms in total. The smallest absolute Gasteiger partial charge is 0.393 e. The van der Waals surface area contributed by atoms with Crippen LogP contribution in [0, 0.1) is 0 Å². The van der Waals surface area contributed by atoms with E-state index in [2.05, 4.69) is 31.1 Å². The van der Waals surface area contributed by atoms with Crippen molar-refractivity contribution in [2.75, 3.05) is 10.8 Å². The van der Waals surface area contributed by atoms with Crippen molar-refractivity contribution in [1.82, 2.24) is 10.3 Å². The number of H-pyrrole nitrogens is 1. The third-order valence-corrected chi connectivity index (χ3v) is 9.10. The van der Waals surface area contributed by atoms with Crippen molar-refractivity contribution in [3.63, 3.8) is 0 Å². The number of amides is 1. The number of nitrogens with one attached hydrogen (secondary N) is 2. The molecule has 1 heterocycles. The highest BCUT2D eigenvalue weighted by molar-refractivity contribution is 7.92. The summed E-state index contributed by atoms with van der Waals surface area (Å²) in [5, 5.41) is 12.8. The molecule has 4 aromatic carbocycles. The lowest BCUT2D eigenvalue weighted by molar-refractivity contribution is 0.171. The number of carbonyl (C=O) groups is 1. The van der Waals surface area contributed by atoms with E-state index in [-0.39, 0.29) is 29.3 Å². The van der Waals surface area contributed by atoms with Crippen molar-refractivity contribution in [2.45, 2.75) is 50.7 Å². The number of aromatic amines is 1. The Balaban J connectivity index is 1.63. The standard InChI is InChI=1S/C35H37N3O5S/c1-24(39)22-36-34(40)43-33-32(26-13-9-6-10-14-26)30-21-28(17-20-31(30)37-33)38(23-25-11-7-5-8-12-25)44(41,42)29-18-15-27(16-19-29)35(2,3)4/h5-21,24,37,39H,22-23H2,1-4H3,(H,36,40). The highest BCUT2D eigenvalue weighted by Gasteiger charge is 2.28. The molecule has 5 aromatic rings. The Kier molecular flexibility index (Phi) is 8.80. The first kappa shape index (κ1) is 30.8. The second-order valence-electron chi connectivity index (χ2n) is 11.8. The molecule has 0 aliphatic heterocycles. The van der Waals surface area contributed by atoms with E-state index in [0.717, 1.165) is 16.7 Å². The van der Waals surface area contributed by atoms with Crippen LogP contribution in [0.25, 0.3) is 22.0 Å². The van der Waals surface area contributed by atoms with Crippen LogP contribution >= 0.6 is 0 Å². The molecule has 0 saturated carbocycles. The van der Waals surface area contributed by atoms with Gasteiger partial charge in [0.25, 0.3) is 10.0 Å². The minimum Gasteiger partial charge on any atom is -0.393 e. The number of aromatic nitrogens is 1. The number of nitrogens with zero attached hydrogens (tertiary/aromatic N) is 1. The van der Waals surface area contributed by atoms with Gasteiger partial charge in [-0.15, -0.1) is 0 Å². The average molecular weight is 612 g/mol. The van der Waals surface area contributed by atoms with E-state index in [9.17, 15) is 18.3 Å². The molecule has 1 atom stereocenters. The van der Waals surface area contributed by atoms with E-state index in [0.29, 0.717) is 22.2 Å². The Labute approximate surface area is 258 Å². The van der Waals surface area contributed by atoms with Crippen molar-refractivity contribution < 1.29 is 23.1 Å². The lowest BCUT2D eigenvalue weighted by Crippen LogP contribution is -2.33. The number of aliphatic hydroxyl groups is 1. The van der Waals surface area contributed by atoms with Gasteiger partial charge >= 0.3 is 6.09 Å². The zero-order valence-corrected chi connectivity index (χ0v) is 26.1. The Morgan fingerprint density at radius 1 is 0.932 bits per heavy atom. The van der Waals surface area contributed by atoms with Gasteiger partial charge in [-0.05, 0) is 59.4 Å². The van der Waals surface area contributed by atoms with E-state index in [4.69, 9.17) is 4.74 Å².